The lowest BCUT2D eigenvalue weighted by atomic mass is 9.89. The topological polar surface area (TPSA) is 119 Å². The zero-order valence-corrected chi connectivity index (χ0v) is 19.2. The van der Waals surface area contributed by atoms with E-state index in [4.69, 9.17) is 9.72 Å². The number of hydrogen-bond acceptors (Lipinski definition) is 7. The van der Waals surface area contributed by atoms with E-state index in [0.717, 1.165) is 17.5 Å². The van der Waals surface area contributed by atoms with Gasteiger partial charge in [-0.05, 0) is 31.4 Å². The Balaban J connectivity index is 1.40. The fourth-order valence-corrected chi connectivity index (χ4v) is 4.87. The van der Waals surface area contributed by atoms with Crippen molar-refractivity contribution in [2.45, 2.75) is 43.6 Å². The molecule has 2 aromatic heterocycles. The molecule has 4 aliphatic rings. The molecule has 4 atom stereocenters. The minimum atomic E-state index is -1.10. The van der Waals surface area contributed by atoms with Gasteiger partial charge in [-0.25, -0.2) is 14.4 Å². The number of anilines is 1. The number of ether oxygens (including phenoxy) is 1. The Morgan fingerprint density at radius 3 is 2.89 bits per heavy atom. The van der Waals surface area contributed by atoms with E-state index in [0.29, 0.717) is 48.0 Å². The van der Waals surface area contributed by atoms with Gasteiger partial charge >= 0.3 is 0 Å². The van der Waals surface area contributed by atoms with Gasteiger partial charge in [0.1, 0.15) is 23.4 Å². The van der Waals surface area contributed by atoms with Gasteiger partial charge in [0, 0.05) is 43.2 Å². The van der Waals surface area contributed by atoms with Crippen molar-refractivity contribution in [3.63, 3.8) is 0 Å². The number of nitrogens with zero attached hydrogens (tertiary/aromatic N) is 5. The van der Waals surface area contributed by atoms with Crippen LogP contribution in [0.25, 0.3) is 28.3 Å². The van der Waals surface area contributed by atoms with E-state index >= 15 is 0 Å². The van der Waals surface area contributed by atoms with Crippen LogP contribution in [0.5, 0.6) is 0 Å². The van der Waals surface area contributed by atoms with Crippen LogP contribution in [0, 0.1) is 0 Å². The molecule has 10 nitrogen and oxygen atoms in total. The summed E-state index contributed by atoms with van der Waals surface area (Å²) in [5.41, 5.74) is 2.95. The zero-order chi connectivity index (χ0) is 24.1. The number of nitrogens with one attached hydrogen (secondary N) is 2. The summed E-state index contributed by atoms with van der Waals surface area (Å²) < 4.78 is 23.4. The Morgan fingerprint density at radius 2 is 2.14 bits per heavy atom. The van der Waals surface area contributed by atoms with Crippen LogP contribution < -0.4 is 10.6 Å². The van der Waals surface area contributed by atoms with Crippen molar-refractivity contribution in [1.29, 1.82) is 0 Å². The van der Waals surface area contributed by atoms with Gasteiger partial charge < -0.3 is 25.0 Å². The highest BCUT2D eigenvalue weighted by Crippen LogP contribution is 2.37. The Morgan fingerprint density at radius 1 is 1.26 bits per heavy atom. The number of pyridine rings is 1. The smallest absolute Gasteiger partial charge is 0.257 e. The van der Waals surface area contributed by atoms with Gasteiger partial charge in [-0.15, -0.1) is 0 Å². The van der Waals surface area contributed by atoms with Crippen LogP contribution in [0.4, 0.5) is 10.2 Å². The standard InChI is InChI=1S/C24H26FN7O3/c1-26-21-9-18(29-23-15(11-28-32(21)23)24(34)30-17-4-5-20(17)33)14-10-27-22-13(14)3-2-7-31(22)19-6-8-35-12-16(19)25/h2-3,7,9-11,16-17,19-20,26,33H,4-6,8,12H2,1H3,(H,30,34)/t16-,17?,19+,20-/m1/s1. The predicted molar refractivity (Wildman–Crippen MR) is 126 cm³/mol. The Bertz CT molecular complexity index is 1370. The van der Waals surface area contributed by atoms with Crippen molar-refractivity contribution >= 4 is 17.4 Å². The van der Waals surface area contributed by atoms with Crippen LogP contribution in [-0.4, -0.2) is 73.7 Å². The molecule has 6 rings (SSSR count). The number of aromatic nitrogens is 5. The van der Waals surface area contributed by atoms with Crippen molar-refractivity contribution in [2.75, 3.05) is 25.6 Å². The summed E-state index contributed by atoms with van der Waals surface area (Å²) in [7, 11) is 1.77. The summed E-state index contributed by atoms with van der Waals surface area (Å²) in [6.07, 6.45) is 5.43. The molecule has 11 heteroatoms. The number of aliphatic hydroxyl groups is 1. The van der Waals surface area contributed by atoms with E-state index in [2.05, 4.69) is 20.7 Å². The average molecular weight is 480 g/mol. The van der Waals surface area contributed by atoms with Gasteiger partial charge in [-0.2, -0.15) is 9.61 Å². The van der Waals surface area contributed by atoms with Crippen LogP contribution in [0.15, 0.2) is 36.8 Å². The minimum absolute atomic E-state index is 0.0787. The fourth-order valence-electron chi connectivity index (χ4n) is 4.87. The summed E-state index contributed by atoms with van der Waals surface area (Å²) in [6, 6.07) is 5.07. The quantitative estimate of drug-likeness (QED) is 0.402. The third-order valence-corrected chi connectivity index (χ3v) is 7.01. The molecular formula is C24H26FN7O3. The van der Waals surface area contributed by atoms with E-state index in [1.807, 2.05) is 29.0 Å². The number of aliphatic hydroxyl groups excluding tert-OH is 1. The first-order valence-electron chi connectivity index (χ1n) is 11.8. The molecule has 2 aromatic rings. The maximum Gasteiger partial charge on any atom is 0.257 e. The molecule has 3 N–H and O–H groups in total. The van der Waals surface area contributed by atoms with Crippen molar-refractivity contribution < 1.29 is 19.0 Å². The van der Waals surface area contributed by atoms with Gasteiger partial charge in [0.05, 0.1) is 36.7 Å². The molecule has 3 aliphatic heterocycles. The minimum Gasteiger partial charge on any atom is -0.391 e. The van der Waals surface area contributed by atoms with Crippen molar-refractivity contribution in [1.82, 2.24) is 29.5 Å². The van der Waals surface area contributed by atoms with Crippen molar-refractivity contribution in [3.05, 3.63) is 42.4 Å². The highest BCUT2D eigenvalue weighted by atomic mass is 19.1. The second-order valence-corrected chi connectivity index (χ2v) is 9.07. The molecule has 1 saturated heterocycles. The normalized spacial score (nSPS) is 24.4. The molecule has 2 fully saturated rings. The Kier molecular flexibility index (Phi) is 5.37. The molecule has 0 aromatic carbocycles. The van der Waals surface area contributed by atoms with Crippen LogP contribution in [0.3, 0.4) is 0 Å². The number of fused-ring (bicyclic) bond motifs is 2. The summed E-state index contributed by atoms with van der Waals surface area (Å²) in [5.74, 6) is 1.00. The number of alkyl halides is 1. The lowest BCUT2D eigenvalue weighted by molar-refractivity contribution is 0.00346. The maximum atomic E-state index is 14.6. The van der Waals surface area contributed by atoms with E-state index < -0.39 is 12.3 Å². The third-order valence-electron chi connectivity index (χ3n) is 7.01. The molecule has 182 valence electrons. The summed E-state index contributed by atoms with van der Waals surface area (Å²) in [5, 5.41) is 20.2. The Labute approximate surface area is 200 Å². The number of rotatable bonds is 5. The lowest BCUT2D eigenvalue weighted by Gasteiger charge is -2.32. The summed E-state index contributed by atoms with van der Waals surface area (Å²) in [6.45, 7) is 0.588. The molecule has 1 saturated carbocycles. The van der Waals surface area contributed by atoms with Crippen molar-refractivity contribution in [3.8, 4) is 22.6 Å². The maximum absolute atomic E-state index is 14.6. The summed E-state index contributed by atoms with van der Waals surface area (Å²) >= 11 is 0. The first-order valence-corrected chi connectivity index (χ1v) is 11.8. The lowest BCUT2D eigenvalue weighted by Crippen LogP contribution is -2.50. The fraction of sp³-hybridized carbons (Fsp3) is 0.417. The first kappa shape index (κ1) is 21.9. The van der Waals surface area contributed by atoms with Crippen LogP contribution in [0.2, 0.25) is 0 Å². The van der Waals surface area contributed by atoms with Gasteiger partial charge in [0.25, 0.3) is 5.91 Å². The number of carbonyl (C=O) groups excluding carboxylic acids is 1. The summed E-state index contributed by atoms with van der Waals surface area (Å²) in [4.78, 5) is 22.3. The molecule has 5 heterocycles. The van der Waals surface area contributed by atoms with Gasteiger partial charge in [0.15, 0.2) is 5.65 Å². The third kappa shape index (κ3) is 3.62. The SMILES string of the molecule is CNc1cc(-c2cnc3n([C@H]4CCOC[C@H]4F)cccc2-3)nc2c(C(=O)NC3CC[C@H]3O)cnn12. The highest BCUT2D eigenvalue weighted by Gasteiger charge is 2.32. The second kappa shape index (κ2) is 8.58. The highest BCUT2D eigenvalue weighted by molar-refractivity contribution is 6.00. The number of carbonyl (C=O) groups is 1. The van der Waals surface area contributed by atoms with Gasteiger partial charge in [-0.3, -0.25) is 4.79 Å². The van der Waals surface area contributed by atoms with E-state index in [1.54, 1.807) is 17.8 Å². The van der Waals surface area contributed by atoms with Crippen LogP contribution in [-0.2, 0) is 4.74 Å². The second-order valence-electron chi connectivity index (χ2n) is 9.07. The number of halogens is 1. The molecular weight excluding hydrogens is 453 g/mol. The number of hydrogen-bond donors (Lipinski definition) is 3. The van der Waals surface area contributed by atoms with Gasteiger partial charge in [-0.1, -0.05) is 0 Å². The predicted octanol–water partition coefficient (Wildman–Crippen LogP) is 2.29. The molecule has 0 radical (unpaired) electrons. The van der Waals surface area contributed by atoms with Crippen LogP contribution >= 0.6 is 0 Å². The van der Waals surface area contributed by atoms with Gasteiger partial charge in [0.2, 0.25) is 0 Å². The van der Waals surface area contributed by atoms with E-state index in [1.165, 1.54) is 6.20 Å². The molecule has 1 amide bonds. The molecule has 0 spiro atoms. The monoisotopic (exact) mass is 479 g/mol. The molecule has 35 heavy (non-hydrogen) atoms. The number of amides is 1. The van der Waals surface area contributed by atoms with E-state index in [9.17, 15) is 14.3 Å². The zero-order valence-electron chi connectivity index (χ0n) is 19.2. The van der Waals surface area contributed by atoms with Crippen molar-refractivity contribution in [2.24, 2.45) is 0 Å². The van der Waals surface area contributed by atoms with Crippen LogP contribution in [0.1, 0.15) is 35.7 Å². The first-order chi connectivity index (χ1) is 17.0. The largest absolute Gasteiger partial charge is 0.391 e. The average Bonchev–Trinajstić information content (AvgIpc) is 3.50. The molecule has 1 aliphatic carbocycles. The molecule has 1 unspecified atom stereocenters. The Hall–Kier alpha value is -3.57. The van der Waals surface area contributed by atoms with E-state index in [-0.39, 0.29) is 24.6 Å². The molecule has 0 bridgehead atoms.